The fraction of sp³-hybridized carbons (Fsp3) is 0.444. The number of aryl methyl sites for hydroxylation is 1. The summed E-state index contributed by atoms with van der Waals surface area (Å²) in [5, 5.41) is -0.515. The number of hydrogen-bond donors (Lipinski definition) is 1. The normalized spacial score (nSPS) is 11.8. The summed E-state index contributed by atoms with van der Waals surface area (Å²) >= 11 is 5.36. The molecule has 1 aromatic rings. The van der Waals surface area contributed by atoms with Crippen molar-refractivity contribution >= 4 is 11.6 Å². The van der Waals surface area contributed by atoms with Crippen molar-refractivity contribution in [3.63, 3.8) is 0 Å². The van der Waals surface area contributed by atoms with Gasteiger partial charge in [0.1, 0.15) is 5.15 Å². The molecule has 1 rings (SSSR count). The fourth-order valence-corrected chi connectivity index (χ4v) is 1.34. The van der Waals surface area contributed by atoms with Crippen molar-refractivity contribution in [1.82, 2.24) is 4.98 Å². The van der Waals surface area contributed by atoms with Gasteiger partial charge in [-0.05, 0) is 31.0 Å². The van der Waals surface area contributed by atoms with Gasteiger partial charge >= 0.3 is 6.18 Å². The molecule has 2 nitrogen and oxygen atoms in total. The van der Waals surface area contributed by atoms with Crippen LogP contribution in [0.4, 0.5) is 13.2 Å². The molecule has 0 unspecified atom stereocenters. The molecule has 0 aromatic carbocycles. The van der Waals surface area contributed by atoms with Crippen LogP contribution in [-0.2, 0) is 12.6 Å². The number of hydrogen-bond acceptors (Lipinski definition) is 2. The first-order valence-electron chi connectivity index (χ1n) is 4.37. The molecule has 0 fully saturated rings. The predicted octanol–water partition coefficient (Wildman–Crippen LogP) is 2.65. The molecule has 2 N–H and O–H groups in total. The van der Waals surface area contributed by atoms with Crippen LogP contribution in [0, 0.1) is 0 Å². The molecule has 0 saturated carbocycles. The van der Waals surface area contributed by atoms with Crippen LogP contribution in [0.3, 0.4) is 0 Å². The second-order valence-electron chi connectivity index (χ2n) is 3.07. The van der Waals surface area contributed by atoms with E-state index in [1.165, 1.54) is 6.20 Å². The van der Waals surface area contributed by atoms with E-state index >= 15 is 0 Å². The second kappa shape index (κ2) is 4.81. The summed E-state index contributed by atoms with van der Waals surface area (Å²) in [7, 11) is 0. The van der Waals surface area contributed by atoms with Crippen LogP contribution in [0.25, 0.3) is 0 Å². The third-order valence-electron chi connectivity index (χ3n) is 1.87. The van der Waals surface area contributed by atoms with Gasteiger partial charge in [0.05, 0.1) is 5.56 Å². The fourth-order valence-electron chi connectivity index (χ4n) is 1.13. The lowest BCUT2D eigenvalue weighted by molar-refractivity contribution is -0.137. The van der Waals surface area contributed by atoms with Gasteiger partial charge in [-0.2, -0.15) is 13.2 Å². The van der Waals surface area contributed by atoms with Gasteiger partial charge in [0, 0.05) is 6.20 Å². The van der Waals surface area contributed by atoms with Crippen molar-refractivity contribution in [3.8, 4) is 0 Å². The molecule has 1 aromatic heterocycles. The van der Waals surface area contributed by atoms with Crippen LogP contribution in [0.2, 0.25) is 5.15 Å². The Balaban J connectivity index is 2.95. The number of nitrogens with zero attached hydrogens (tertiary/aromatic N) is 1. The minimum Gasteiger partial charge on any atom is -0.330 e. The van der Waals surface area contributed by atoms with Crippen molar-refractivity contribution in [2.45, 2.75) is 19.0 Å². The van der Waals surface area contributed by atoms with E-state index in [0.29, 0.717) is 24.9 Å². The molecular formula is C9H10ClF3N2. The van der Waals surface area contributed by atoms with Crippen molar-refractivity contribution in [3.05, 3.63) is 28.5 Å². The lowest BCUT2D eigenvalue weighted by Gasteiger charge is -2.09. The highest BCUT2D eigenvalue weighted by Gasteiger charge is 2.34. The summed E-state index contributed by atoms with van der Waals surface area (Å²) in [5.41, 5.74) is 4.87. The number of rotatable bonds is 3. The van der Waals surface area contributed by atoms with Crippen LogP contribution >= 0.6 is 11.6 Å². The Hall–Kier alpha value is -0.810. The summed E-state index contributed by atoms with van der Waals surface area (Å²) in [4.78, 5) is 3.50. The standard InChI is InChI=1S/C9H10ClF3N2/c10-8-7(9(11,12)13)4-6(5-15-8)2-1-3-14/h4-5H,1-3,14H2. The Labute approximate surface area is 90.3 Å². The van der Waals surface area contributed by atoms with E-state index in [4.69, 9.17) is 17.3 Å². The average Bonchev–Trinajstić information content (AvgIpc) is 2.15. The average molecular weight is 239 g/mol. The highest BCUT2D eigenvalue weighted by Crippen LogP contribution is 2.33. The zero-order chi connectivity index (χ0) is 11.5. The van der Waals surface area contributed by atoms with Crippen molar-refractivity contribution in [1.29, 1.82) is 0 Å². The van der Waals surface area contributed by atoms with E-state index in [2.05, 4.69) is 4.98 Å². The highest BCUT2D eigenvalue weighted by atomic mass is 35.5. The Kier molecular flexibility index (Phi) is 3.93. The highest BCUT2D eigenvalue weighted by molar-refractivity contribution is 6.30. The molecule has 1 heterocycles. The van der Waals surface area contributed by atoms with Crippen molar-refractivity contribution in [2.24, 2.45) is 5.73 Å². The van der Waals surface area contributed by atoms with Crippen molar-refractivity contribution in [2.75, 3.05) is 6.54 Å². The molecule has 0 bridgehead atoms. The van der Waals surface area contributed by atoms with Crippen molar-refractivity contribution < 1.29 is 13.2 Å². The molecule has 0 atom stereocenters. The summed E-state index contributed by atoms with van der Waals surface area (Å²) in [6.45, 7) is 0.435. The Morgan fingerprint density at radius 1 is 1.40 bits per heavy atom. The maximum atomic E-state index is 12.4. The molecule has 0 radical (unpaired) electrons. The molecule has 0 spiro atoms. The van der Waals surface area contributed by atoms with Gasteiger partial charge in [-0.1, -0.05) is 11.6 Å². The van der Waals surface area contributed by atoms with Gasteiger partial charge in [-0.15, -0.1) is 0 Å². The molecule has 15 heavy (non-hydrogen) atoms. The summed E-state index contributed by atoms with van der Waals surface area (Å²) in [6.07, 6.45) is -2.01. The monoisotopic (exact) mass is 238 g/mol. The Bertz CT molecular complexity index is 339. The minimum atomic E-state index is -4.46. The first-order chi connectivity index (χ1) is 6.95. The topological polar surface area (TPSA) is 38.9 Å². The number of nitrogens with two attached hydrogens (primary N) is 1. The summed E-state index contributed by atoms with van der Waals surface area (Å²) in [5.74, 6) is 0. The van der Waals surface area contributed by atoms with Gasteiger partial charge in [0.25, 0.3) is 0 Å². The molecule has 6 heteroatoms. The van der Waals surface area contributed by atoms with Crippen LogP contribution in [-0.4, -0.2) is 11.5 Å². The molecule has 0 saturated heterocycles. The zero-order valence-corrected chi connectivity index (χ0v) is 8.57. The summed E-state index contributed by atoms with van der Waals surface area (Å²) in [6, 6.07) is 1.02. The Morgan fingerprint density at radius 3 is 2.60 bits per heavy atom. The van der Waals surface area contributed by atoms with Gasteiger partial charge in [-0.3, -0.25) is 0 Å². The van der Waals surface area contributed by atoms with E-state index in [1.807, 2.05) is 0 Å². The lowest BCUT2D eigenvalue weighted by Crippen LogP contribution is -2.08. The van der Waals surface area contributed by atoms with Crippen LogP contribution in [0.1, 0.15) is 17.5 Å². The largest absolute Gasteiger partial charge is 0.419 e. The minimum absolute atomic E-state index is 0.435. The Morgan fingerprint density at radius 2 is 2.07 bits per heavy atom. The van der Waals surface area contributed by atoms with Crippen LogP contribution in [0.15, 0.2) is 12.3 Å². The number of halogens is 4. The second-order valence-corrected chi connectivity index (χ2v) is 3.43. The lowest BCUT2D eigenvalue weighted by atomic mass is 10.1. The van der Waals surface area contributed by atoms with Gasteiger partial charge in [0.2, 0.25) is 0 Å². The number of alkyl halides is 3. The van der Waals surface area contributed by atoms with Gasteiger partial charge in [-0.25, -0.2) is 4.98 Å². The van der Waals surface area contributed by atoms with Gasteiger partial charge < -0.3 is 5.73 Å². The molecule has 84 valence electrons. The van der Waals surface area contributed by atoms with E-state index in [9.17, 15) is 13.2 Å². The first kappa shape index (κ1) is 12.3. The maximum absolute atomic E-state index is 12.4. The molecule has 0 aliphatic rings. The smallest absolute Gasteiger partial charge is 0.330 e. The van der Waals surface area contributed by atoms with E-state index in [0.717, 1.165) is 6.07 Å². The number of aromatic nitrogens is 1. The SMILES string of the molecule is NCCCc1cnc(Cl)c(C(F)(F)F)c1. The van der Waals surface area contributed by atoms with Gasteiger partial charge in [0.15, 0.2) is 0 Å². The molecule has 0 aliphatic carbocycles. The van der Waals surface area contributed by atoms with Crippen LogP contribution in [0.5, 0.6) is 0 Å². The molecular weight excluding hydrogens is 229 g/mol. The molecule has 0 amide bonds. The number of pyridine rings is 1. The quantitative estimate of drug-likeness (QED) is 0.823. The van der Waals surface area contributed by atoms with E-state index < -0.39 is 16.9 Å². The maximum Gasteiger partial charge on any atom is 0.419 e. The molecule has 0 aliphatic heterocycles. The van der Waals surface area contributed by atoms with Crippen LogP contribution < -0.4 is 5.73 Å². The third-order valence-corrected chi connectivity index (χ3v) is 2.17. The van der Waals surface area contributed by atoms with E-state index in [-0.39, 0.29) is 0 Å². The first-order valence-corrected chi connectivity index (χ1v) is 4.74. The third kappa shape index (κ3) is 3.35. The summed E-state index contributed by atoms with van der Waals surface area (Å²) < 4.78 is 37.2. The predicted molar refractivity (Wildman–Crippen MR) is 51.6 cm³/mol. The van der Waals surface area contributed by atoms with E-state index in [1.54, 1.807) is 0 Å². The zero-order valence-electron chi connectivity index (χ0n) is 7.81.